The Morgan fingerprint density at radius 1 is 1.23 bits per heavy atom. The number of hydrogen-bond donors (Lipinski definition) is 1. The molecule has 1 saturated heterocycles. The number of benzene rings is 1. The number of ether oxygens (including phenoxy) is 1. The molecule has 1 aliphatic heterocycles. The zero-order valence-electron chi connectivity index (χ0n) is 13.1. The Kier molecular flexibility index (Phi) is 5.45. The molecule has 0 amide bonds. The predicted octanol–water partition coefficient (Wildman–Crippen LogP) is 2.97. The van der Waals surface area contributed by atoms with Gasteiger partial charge in [-0.25, -0.2) is 4.39 Å². The number of β-amino-alcohol motifs (C(OH)–C–C–N with tert-alkyl or cyclic N) is 1. The van der Waals surface area contributed by atoms with Gasteiger partial charge in [-0.1, -0.05) is 24.6 Å². The van der Waals surface area contributed by atoms with Crippen molar-refractivity contribution in [3.63, 3.8) is 0 Å². The lowest BCUT2D eigenvalue weighted by Gasteiger charge is -2.38. The predicted molar refractivity (Wildman–Crippen MR) is 84.0 cm³/mol. The Labute approximate surface area is 132 Å². The monoisotopic (exact) mass is 307 g/mol. The molecule has 2 fully saturated rings. The third-order valence-corrected chi connectivity index (χ3v) is 5.08. The normalized spacial score (nSPS) is 26.8. The molecule has 1 saturated carbocycles. The highest BCUT2D eigenvalue weighted by atomic mass is 19.1. The summed E-state index contributed by atoms with van der Waals surface area (Å²) >= 11 is 0. The van der Waals surface area contributed by atoms with Crippen LogP contribution in [-0.2, 0) is 11.3 Å². The fourth-order valence-corrected chi connectivity index (χ4v) is 4.03. The molecule has 3 nitrogen and oxygen atoms in total. The van der Waals surface area contributed by atoms with E-state index in [1.54, 1.807) is 18.2 Å². The molecular formula is C18H26FNO2. The van der Waals surface area contributed by atoms with Crippen LogP contribution in [0.2, 0.25) is 0 Å². The number of halogens is 1. The van der Waals surface area contributed by atoms with E-state index in [-0.39, 0.29) is 19.0 Å². The maximum atomic E-state index is 13.5. The number of aliphatic hydroxyl groups excluding tert-OH is 1. The molecule has 1 N–H and O–H groups in total. The van der Waals surface area contributed by atoms with Gasteiger partial charge in [-0.2, -0.15) is 0 Å². The summed E-state index contributed by atoms with van der Waals surface area (Å²) in [6.07, 6.45) is 6.04. The van der Waals surface area contributed by atoms with Crippen molar-refractivity contribution in [3.05, 3.63) is 35.6 Å². The van der Waals surface area contributed by atoms with Crippen LogP contribution in [0, 0.1) is 11.7 Å². The third-order valence-electron chi connectivity index (χ3n) is 5.08. The summed E-state index contributed by atoms with van der Waals surface area (Å²) in [4.78, 5) is 2.44. The van der Waals surface area contributed by atoms with Gasteiger partial charge in [-0.3, -0.25) is 4.90 Å². The highest BCUT2D eigenvalue weighted by Crippen LogP contribution is 2.36. The first kappa shape index (κ1) is 15.9. The number of rotatable bonds is 6. The van der Waals surface area contributed by atoms with Gasteiger partial charge in [0.15, 0.2) is 0 Å². The summed E-state index contributed by atoms with van der Waals surface area (Å²) in [5, 5.41) is 10.2. The van der Waals surface area contributed by atoms with Crippen molar-refractivity contribution in [3.8, 4) is 0 Å². The van der Waals surface area contributed by atoms with Crippen LogP contribution < -0.4 is 0 Å². The average molecular weight is 307 g/mol. The molecule has 3 atom stereocenters. The first-order valence-electron chi connectivity index (χ1n) is 8.47. The maximum Gasteiger partial charge on any atom is 0.128 e. The fraction of sp³-hybridized carbons (Fsp3) is 0.667. The van der Waals surface area contributed by atoms with Gasteiger partial charge in [0.1, 0.15) is 5.82 Å². The van der Waals surface area contributed by atoms with Crippen molar-refractivity contribution >= 4 is 0 Å². The van der Waals surface area contributed by atoms with E-state index in [4.69, 9.17) is 4.74 Å². The van der Waals surface area contributed by atoms with Crippen molar-refractivity contribution in [1.29, 1.82) is 0 Å². The summed E-state index contributed by atoms with van der Waals surface area (Å²) in [6.45, 7) is 2.25. The lowest BCUT2D eigenvalue weighted by atomic mass is 9.92. The first-order valence-corrected chi connectivity index (χ1v) is 8.47. The van der Waals surface area contributed by atoms with Crippen LogP contribution in [-0.4, -0.2) is 41.8 Å². The molecule has 0 bridgehead atoms. The minimum absolute atomic E-state index is 0.218. The van der Waals surface area contributed by atoms with Gasteiger partial charge in [0.2, 0.25) is 0 Å². The van der Waals surface area contributed by atoms with Gasteiger partial charge in [-0.05, 0) is 44.2 Å². The van der Waals surface area contributed by atoms with Crippen LogP contribution in [0.15, 0.2) is 24.3 Å². The molecule has 1 aliphatic carbocycles. The van der Waals surface area contributed by atoms with E-state index in [0.717, 1.165) is 12.5 Å². The lowest BCUT2D eigenvalue weighted by molar-refractivity contribution is -0.00909. The van der Waals surface area contributed by atoms with Crippen molar-refractivity contribution in [2.24, 2.45) is 5.92 Å². The molecule has 122 valence electrons. The minimum Gasteiger partial charge on any atom is -0.389 e. The van der Waals surface area contributed by atoms with E-state index in [1.165, 1.54) is 38.2 Å². The third kappa shape index (κ3) is 3.86. The van der Waals surface area contributed by atoms with Crippen molar-refractivity contribution in [2.45, 2.75) is 50.9 Å². The molecule has 3 rings (SSSR count). The molecule has 0 aromatic heterocycles. The summed E-state index contributed by atoms with van der Waals surface area (Å²) < 4.78 is 19.0. The van der Waals surface area contributed by atoms with Crippen LogP contribution in [0.4, 0.5) is 4.39 Å². The number of hydrogen-bond acceptors (Lipinski definition) is 3. The Morgan fingerprint density at radius 2 is 2.05 bits per heavy atom. The average Bonchev–Trinajstić information content (AvgIpc) is 2.99. The Hall–Kier alpha value is -0.970. The van der Waals surface area contributed by atoms with Crippen LogP contribution in [0.1, 0.15) is 37.7 Å². The SMILES string of the molecule is OC(COCc1ccccc1F)CN1CCCC2CCCC21. The summed E-state index contributed by atoms with van der Waals surface area (Å²) in [7, 11) is 0. The van der Waals surface area contributed by atoms with Gasteiger partial charge >= 0.3 is 0 Å². The van der Waals surface area contributed by atoms with Gasteiger partial charge in [0, 0.05) is 18.2 Å². The standard InChI is InChI=1S/C18H26FNO2/c19-17-8-2-1-5-15(17)12-22-13-16(21)11-20-10-4-7-14-6-3-9-18(14)20/h1-2,5,8,14,16,18,21H,3-4,6-7,9-13H2. The summed E-state index contributed by atoms with van der Waals surface area (Å²) in [6, 6.07) is 7.28. The molecular weight excluding hydrogens is 281 g/mol. The van der Waals surface area contributed by atoms with Gasteiger partial charge < -0.3 is 9.84 Å². The molecule has 3 unspecified atom stereocenters. The maximum absolute atomic E-state index is 13.5. The molecule has 0 spiro atoms. The van der Waals surface area contributed by atoms with Crippen molar-refractivity contribution in [1.82, 2.24) is 4.90 Å². The Morgan fingerprint density at radius 3 is 2.91 bits per heavy atom. The lowest BCUT2D eigenvalue weighted by Crippen LogP contribution is -2.46. The zero-order valence-corrected chi connectivity index (χ0v) is 13.1. The molecule has 1 aromatic rings. The largest absolute Gasteiger partial charge is 0.389 e. The van der Waals surface area contributed by atoms with Crippen LogP contribution in [0.25, 0.3) is 0 Å². The minimum atomic E-state index is -0.494. The second-order valence-corrected chi connectivity index (χ2v) is 6.66. The van der Waals surface area contributed by atoms with E-state index in [2.05, 4.69) is 4.90 Å². The Balaban J connectivity index is 1.42. The zero-order chi connectivity index (χ0) is 15.4. The van der Waals surface area contributed by atoms with E-state index in [1.807, 2.05) is 0 Å². The number of piperidine rings is 1. The van der Waals surface area contributed by atoms with E-state index < -0.39 is 6.10 Å². The van der Waals surface area contributed by atoms with Crippen molar-refractivity contribution in [2.75, 3.05) is 19.7 Å². The van der Waals surface area contributed by atoms with E-state index in [9.17, 15) is 9.50 Å². The van der Waals surface area contributed by atoms with Crippen LogP contribution in [0.3, 0.4) is 0 Å². The Bertz CT molecular complexity index is 482. The molecule has 2 aliphatic rings. The second-order valence-electron chi connectivity index (χ2n) is 6.66. The van der Waals surface area contributed by atoms with E-state index in [0.29, 0.717) is 18.2 Å². The molecule has 22 heavy (non-hydrogen) atoms. The fourth-order valence-electron chi connectivity index (χ4n) is 4.03. The topological polar surface area (TPSA) is 32.7 Å². The van der Waals surface area contributed by atoms with Crippen molar-refractivity contribution < 1.29 is 14.2 Å². The van der Waals surface area contributed by atoms with Crippen LogP contribution >= 0.6 is 0 Å². The van der Waals surface area contributed by atoms with E-state index >= 15 is 0 Å². The molecule has 0 radical (unpaired) electrons. The smallest absolute Gasteiger partial charge is 0.128 e. The number of fused-ring (bicyclic) bond motifs is 1. The highest BCUT2D eigenvalue weighted by Gasteiger charge is 2.35. The van der Waals surface area contributed by atoms with Gasteiger partial charge in [0.05, 0.1) is 19.3 Å². The highest BCUT2D eigenvalue weighted by molar-refractivity contribution is 5.16. The number of nitrogens with zero attached hydrogens (tertiary/aromatic N) is 1. The molecule has 4 heteroatoms. The second kappa shape index (κ2) is 7.53. The molecule has 1 aromatic carbocycles. The van der Waals surface area contributed by atoms with Gasteiger partial charge in [-0.15, -0.1) is 0 Å². The molecule has 1 heterocycles. The summed E-state index contributed by atoms with van der Waals surface area (Å²) in [5.41, 5.74) is 0.545. The quantitative estimate of drug-likeness (QED) is 0.877. The summed E-state index contributed by atoms with van der Waals surface area (Å²) in [5.74, 6) is 0.585. The first-order chi connectivity index (χ1) is 10.7. The van der Waals surface area contributed by atoms with Gasteiger partial charge in [0.25, 0.3) is 0 Å². The number of likely N-dealkylation sites (tertiary alicyclic amines) is 1. The van der Waals surface area contributed by atoms with Crippen LogP contribution in [0.5, 0.6) is 0 Å². The number of aliphatic hydroxyl groups is 1.